The first kappa shape index (κ1) is 19.5. The van der Waals surface area contributed by atoms with E-state index >= 15 is 0 Å². The van der Waals surface area contributed by atoms with Gasteiger partial charge in [0.1, 0.15) is 6.10 Å². The van der Waals surface area contributed by atoms with E-state index in [-0.39, 0.29) is 30.4 Å². The number of nitrogens with one attached hydrogen (secondary N) is 1. The molecule has 1 aromatic carbocycles. The predicted molar refractivity (Wildman–Crippen MR) is 111 cm³/mol. The highest BCUT2D eigenvalue weighted by Crippen LogP contribution is 2.63. The van der Waals surface area contributed by atoms with E-state index in [1.54, 1.807) is 17.3 Å². The molecule has 8 heteroatoms. The SMILES string of the molecule is CC(=O)NC[C@H]1CN(c2ccc(-c3cnccc3C3(C#N)[C@@H]4COC[C@@H]43)cc2)C(=O)O1. The van der Waals surface area contributed by atoms with Gasteiger partial charge in [0.2, 0.25) is 5.91 Å². The van der Waals surface area contributed by atoms with Gasteiger partial charge in [0.15, 0.2) is 0 Å². The fourth-order valence-electron chi connectivity index (χ4n) is 4.88. The van der Waals surface area contributed by atoms with Crippen LogP contribution in [0.3, 0.4) is 0 Å². The lowest BCUT2D eigenvalue weighted by atomic mass is 9.87. The van der Waals surface area contributed by atoms with Crippen molar-refractivity contribution in [2.75, 3.05) is 31.2 Å². The molecule has 0 bridgehead atoms. The zero-order chi connectivity index (χ0) is 21.6. The largest absolute Gasteiger partial charge is 0.442 e. The summed E-state index contributed by atoms with van der Waals surface area (Å²) in [5.41, 5.74) is 3.07. The molecule has 0 radical (unpaired) electrons. The summed E-state index contributed by atoms with van der Waals surface area (Å²) in [6, 6.07) is 12.1. The lowest BCUT2D eigenvalue weighted by molar-refractivity contribution is -0.119. The van der Waals surface area contributed by atoms with Crippen LogP contribution in [-0.2, 0) is 19.7 Å². The number of hydrogen-bond acceptors (Lipinski definition) is 6. The van der Waals surface area contributed by atoms with Crippen LogP contribution in [0.15, 0.2) is 42.7 Å². The monoisotopic (exact) mass is 418 g/mol. The molecule has 1 aliphatic carbocycles. The van der Waals surface area contributed by atoms with E-state index in [4.69, 9.17) is 9.47 Å². The topological polar surface area (TPSA) is 105 Å². The number of ether oxygens (including phenoxy) is 2. The first-order valence-electron chi connectivity index (χ1n) is 10.3. The second kappa shape index (κ2) is 7.36. The zero-order valence-corrected chi connectivity index (χ0v) is 17.1. The van der Waals surface area contributed by atoms with Gasteiger partial charge in [0, 0.05) is 42.4 Å². The molecule has 3 aliphatic rings. The maximum Gasteiger partial charge on any atom is 0.414 e. The van der Waals surface area contributed by atoms with Gasteiger partial charge >= 0.3 is 6.09 Å². The molecule has 2 saturated heterocycles. The second-order valence-corrected chi connectivity index (χ2v) is 8.25. The van der Waals surface area contributed by atoms with Crippen molar-refractivity contribution in [3.05, 3.63) is 48.3 Å². The van der Waals surface area contributed by atoms with Crippen molar-refractivity contribution < 1.29 is 19.1 Å². The van der Waals surface area contributed by atoms with E-state index in [1.165, 1.54) is 6.92 Å². The molecule has 1 N–H and O–H groups in total. The quantitative estimate of drug-likeness (QED) is 0.799. The summed E-state index contributed by atoms with van der Waals surface area (Å²) >= 11 is 0. The smallest absolute Gasteiger partial charge is 0.414 e. The Bertz CT molecular complexity index is 1070. The third-order valence-corrected chi connectivity index (χ3v) is 6.54. The molecular formula is C23H22N4O4. The van der Waals surface area contributed by atoms with Crippen LogP contribution in [0.2, 0.25) is 0 Å². The van der Waals surface area contributed by atoms with Gasteiger partial charge in [-0.2, -0.15) is 5.26 Å². The third kappa shape index (κ3) is 3.13. The highest BCUT2D eigenvalue weighted by atomic mass is 16.6. The van der Waals surface area contributed by atoms with Gasteiger partial charge < -0.3 is 14.8 Å². The fourth-order valence-corrected chi connectivity index (χ4v) is 4.88. The van der Waals surface area contributed by atoms with Crippen LogP contribution in [0.5, 0.6) is 0 Å². The van der Waals surface area contributed by atoms with Crippen LogP contribution in [0.25, 0.3) is 11.1 Å². The Labute approximate surface area is 179 Å². The number of nitriles is 1. The molecule has 3 heterocycles. The molecular weight excluding hydrogens is 396 g/mol. The van der Waals surface area contributed by atoms with Gasteiger partial charge in [0.25, 0.3) is 0 Å². The maximum absolute atomic E-state index is 12.3. The van der Waals surface area contributed by atoms with Crippen LogP contribution in [0, 0.1) is 23.2 Å². The molecule has 3 fully saturated rings. The molecule has 4 atom stereocenters. The van der Waals surface area contributed by atoms with Crippen LogP contribution >= 0.6 is 0 Å². The van der Waals surface area contributed by atoms with Crippen LogP contribution < -0.4 is 10.2 Å². The minimum atomic E-state index is -0.509. The molecule has 1 saturated carbocycles. The molecule has 1 aromatic heterocycles. The van der Waals surface area contributed by atoms with Crippen molar-refractivity contribution in [2.24, 2.45) is 11.8 Å². The number of benzene rings is 1. The Balaban J connectivity index is 1.38. The van der Waals surface area contributed by atoms with Gasteiger partial charge in [-0.15, -0.1) is 0 Å². The second-order valence-electron chi connectivity index (χ2n) is 8.25. The number of aromatic nitrogens is 1. The Morgan fingerprint density at radius 3 is 2.71 bits per heavy atom. The first-order chi connectivity index (χ1) is 15.0. The van der Waals surface area contributed by atoms with Crippen molar-refractivity contribution >= 4 is 17.7 Å². The van der Waals surface area contributed by atoms with Gasteiger partial charge in [-0.1, -0.05) is 12.1 Å². The number of hydrogen-bond donors (Lipinski definition) is 1. The van der Waals surface area contributed by atoms with Gasteiger partial charge in [0.05, 0.1) is 37.8 Å². The molecule has 1 unspecified atom stereocenters. The average molecular weight is 418 g/mol. The van der Waals surface area contributed by atoms with Crippen molar-refractivity contribution in [3.63, 3.8) is 0 Å². The Kier molecular flexibility index (Phi) is 4.63. The molecule has 158 valence electrons. The number of nitrogens with zero attached hydrogens (tertiary/aromatic N) is 3. The van der Waals surface area contributed by atoms with E-state index in [1.807, 2.05) is 30.3 Å². The summed E-state index contributed by atoms with van der Waals surface area (Å²) in [5.74, 6) is 0.309. The first-order valence-corrected chi connectivity index (χ1v) is 10.3. The molecule has 31 heavy (non-hydrogen) atoms. The number of rotatable bonds is 5. The third-order valence-electron chi connectivity index (χ3n) is 6.54. The Morgan fingerprint density at radius 1 is 1.29 bits per heavy atom. The molecule has 2 aromatic rings. The zero-order valence-electron chi connectivity index (χ0n) is 17.1. The van der Waals surface area contributed by atoms with Crippen molar-refractivity contribution in [3.8, 4) is 17.2 Å². The Morgan fingerprint density at radius 2 is 2.03 bits per heavy atom. The van der Waals surface area contributed by atoms with Crippen LogP contribution in [-0.4, -0.2) is 49.4 Å². The molecule has 8 nitrogen and oxygen atoms in total. The number of cyclic esters (lactones) is 1. The lowest BCUT2D eigenvalue weighted by Gasteiger charge is -2.18. The number of anilines is 1. The number of pyridine rings is 1. The molecule has 2 amide bonds. The summed E-state index contributed by atoms with van der Waals surface area (Å²) in [7, 11) is 0. The average Bonchev–Trinajstić information content (AvgIpc) is 3.09. The van der Waals surface area contributed by atoms with E-state index < -0.39 is 11.5 Å². The molecule has 5 rings (SSSR count). The van der Waals surface area contributed by atoms with Crippen molar-refractivity contribution in [1.29, 1.82) is 5.26 Å². The standard InChI is InChI=1S/C23H22N4O4/c1-14(28)26-8-17-10-27(22(29)31-17)16-4-2-15(3-5-16)18-9-25-7-6-19(18)23(13-24)20-11-30-12-21(20)23/h2-7,9,17,20-21H,8,10-12H2,1H3,(H,26,28)/t17-,20-,21+,23?/m0/s1. The van der Waals surface area contributed by atoms with Gasteiger partial charge in [-0.25, -0.2) is 4.79 Å². The summed E-state index contributed by atoms with van der Waals surface area (Å²) in [6.07, 6.45) is 2.72. The molecule has 0 spiro atoms. The summed E-state index contributed by atoms with van der Waals surface area (Å²) in [4.78, 5) is 29.2. The number of carbonyl (C=O) groups is 2. The van der Waals surface area contributed by atoms with E-state index in [0.717, 1.165) is 22.4 Å². The number of fused-ring (bicyclic) bond motifs is 1. The molecule has 2 aliphatic heterocycles. The van der Waals surface area contributed by atoms with E-state index in [2.05, 4.69) is 16.4 Å². The number of amides is 2. The van der Waals surface area contributed by atoms with Gasteiger partial charge in [-0.3, -0.25) is 14.7 Å². The van der Waals surface area contributed by atoms with Gasteiger partial charge in [-0.05, 0) is 29.3 Å². The van der Waals surface area contributed by atoms with Crippen molar-refractivity contribution in [1.82, 2.24) is 10.3 Å². The predicted octanol–water partition coefficient (Wildman–Crippen LogP) is 2.25. The van der Waals surface area contributed by atoms with Crippen LogP contribution in [0.4, 0.5) is 10.5 Å². The maximum atomic E-state index is 12.3. The van der Waals surface area contributed by atoms with Crippen molar-refractivity contribution in [2.45, 2.75) is 18.4 Å². The number of carbonyl (C=O) groups excluding carboxylic acids is 2. The lowest BCUT2D eigenvalue weighted by Crippen LogP contribution is -2.33. The minimum Gasteiger partial charge on any atom is -0.442 e. The highest BCUT2D eigenvalue weighted by Gasteiger charge is 2.69. The summed E-state index contributed by atoms with van der Waals surface area (Å²) < 4.78 is 10.9. The summed E-state index contributed by atoms with van der Waals surface area (Å²) in [5, 5.41) is 12.7. The Hall–Kier alpha value is -3.44. The fraction of sp³-hybridized carbons (Fsp3) is 0.391. The van der Waals surface area contributed by atoms with E-state index in [0.29, 0.717) is 19.8 Å². The summed E-state index contributed by atoms with van der Waals surface area (Å²) in [6.45, 7) is 3.33. The normalized spacial score (nSPS) is 28.6. The van der Waals surface area contributed by atoms with Crippen LogP contribution in [0.1, 0.15) is 12.5 Å². The highest BCUT2D eigenvalue weighted by molar-refractivity contribution is 5.90. The van der Waals surface area contributed by atoms with E-state index in [9.17, 15) is 14.9 Å². The minimum absolute atomic E-state index is 0.160.